The number of pyridine rings is 1. The van der Waals surface area contributed by atoms with Crippen molar-refractivity contribution >= 4 is 11.6 Å². The van der Waals surface area contributed by atoms with Crippen molar-refractivity contribution in [2.75, 3.05) is 5.73 Å². The van der Waals surface area contributed by atoms with E-state index >= 15 is 0 Å². The van der Waals surface area contributed by atoms with Gasteiger partial charge in [-0.05, 0) is 42.3 Å². The van der Waals surface area contributed by atoms with Crippen LogP contribution >= 0.6 is 0 Å². The van der Waals surface area contributed by atoms with Crippen LogP contribution in [-0.2, 0) is 6.54 Å². The Labute approximate surface area is 110 Å². The van der Waals surface area contributed by atoms with E-state index in [9.17, 15) is 9.18 Å². The predicted molar refractivity (Wildman–Crippen MR) is 71.0 cm³/mol. The summed E-state index contributed by atoms with van der Waals surface area (Å²) in [5, 5.41) is 2.65. The molecule has 0 aliphatic rings. The molecule has 98 valence electrons. The van der Waals surface area contributed by atoms with Gasteiger partial charge in [0.05, 0.1) is 5.56 Å². The third-order valence-corrected chi connectivity index (χ3v) is 2.82. The summed E-state index contributed by atoms with van der Waals surface area (Å²) < 4.78 is 13.5. The Bertz CT molecular complexity index is 613. The molecule has 0 bridgehead atoms. The van der Waals surface area contributed by atoms with Crippen LogP contribution in [0.3, 0.4) is 0 Å². The van der Waals surface area contributed by atoms with Gasteiger partial charge in [0.15, 0.2) is 0 Å². The highest BCUT2D eigenvalue weighted by Gasteiger charge is 2.12. The molecule has 1 aromatic heterocycles. The zero-order valence-electron chi connectivity index (χ0n) is 10.5. The number of rotatable bonds is 3. The highest BCUT2D eigenvalue weighted by molar-refractivity contribution is 5.95. The second kappa shape index (κ2) is 5.48. The third kappa shape index (κ3) is 3.07. The minimum atomic E-state index is -0.588. The van der Waals surface area contributed by atoms with Gasteiger partial charge in [-0.2, -0.15) is 0 Å². The van der Waals surface area contributed by atoms with Crippen LogP contribution in [0.4, 0.5) is 10.1 Å². The topological polar surface area (TPSA) is 68.0 Å². The maximum atomic E-state index is 13.5. The highest BCUT2D eigenvalue weighted by Crippen LogP contribution is 2.12. The number of nitrogens with one attached hydrogen (secondary N) is 1. The summed E-state index contributed by atoms with van der Waals surface area (Å²) in [4.78, 5) is 15.9. The third-order valence-electron chi connectivity index (χ3n) is 2.82. The minimum absolute atomic E-state index is 0.0541. The number of anilines is 1. The van der Waals surface area contributed by atoms with Gasteiger partial charge in [0.1, 0.15) is 5.82 Å². The highest BCUT2D eigenvalue weighted by atomic mass is 19.1. The molecule has 0 unspecified atom stereocenters. The van der Waals surface area contributed by atoms with Crippen LogP contribution in [0, 0.1) is 12.7 Å². The summed E-state index contributed by atoms with van der Waals surface area (Å²) in [6.07, 6.45) is 3.35. The number of nitrogen functional groups attached to an aromatic ring is 1. The van der Waals surface area contributed by atoms with Crippen LogP contribution in [0.1, 0.15) is 21.5 Å². The van der Waals surface area contributed by atoms with Crippen molar-refractivity contribution in [3.63, 3.8) is 0 Å². The molecular weight excluding hydrogens is 245 g/mol. The molecule has 0 aliphatic carbocycles. The molecule has 5 heteroatoms. The van der Waals surface area contributed by atoms with Crippen molar-refractivity contribution in [2.24, 2.45) is 0 Å². The number of carbonyl (C=O) groups is 1. The van der Waals surface area contributed by atoms with Crippen molar-refractivity contribution in [1.82, 2.24) is 10.3 Å². The van der Waals surface area contributed by atoms with Gasteiger partial charge in [-0.1, -0.05) is 0 Å². The number of hydrogen-bond acceptors (Lipinski definition) is 3. The smallest absolute Gasteiger partial charge is 0.254 e. The average molecular weight is 259 g/mol. The summed E-state index contributed by atoms with van der Waals surface area (Å²) in [5.41, 5.74) is 7.74. The Morgan fingerprint density at radius 3 is 2.95 bits per heavy atom. The van der Waals surface area contributed by atoms with E-state index in [0.717, 1.165) is 11.1 Å². The fourth-order valence-electron chi connectivity index (χ4n) is 1.67. The Morgan fingerprint density at radius 2 is 2.21 bits per heavy atom. The van der Waals surface area contributed by atoms with E-state index in [2.05, 4.69) is 10.3 Å². The summed E-state index contributed by atoms with van der Waals surface area (Å²) in [6.45, 7) is 2.22. The van der Waals surface area contributed by atoms with Gasteiger partial charge >= 0.3 is 0 Å². The van der Waals surface area contributed by atoms with Crippen LogP contribution < -0.4 is 11.1 Å². The molecule has 0 fully saturated rings. The second-order valence-corrected chi connectivity index (χ2v) is 4.22. The number of aromatic nitrogens is 1. The van der Waals surface area contributed by atoms with Crippen molar-refractivity contribution < 1.29 is 9.18 Å². The van der Waals surface area contributed by atoms with Gasteiger partial charge < -0.3 is 11.1 Å². The number of nitrogens with zero attached hydrogens (tertiary/aromatic N) is 1. The van der Waals surface area contributed by atoms with Gasteiger partial charge in [0.2, 0.25) is 0 Å². The van der Waals surface area contributed by atoms with E-state index in [1.807, 2.05) is 13.0 Å². The lowest BCUT2D eigenvalue weighted by molar-refractivity contribution is 0.0947. The molecule has 1 heterocycles. The number of amides is 1. The monoisotopic (exact) mass is 259 g/mol. The zero-order chi connectivity index (χ0) is 13.8. The van der Waals surface area contributed by atoms with Gasteiger partial charge in [-0.25, -0.2) is 4.39 Å². The Kier molecular flexibility index (Phi) is 3.75. The summed E-state index contributed by atoms with van der Waals surface area (Å²) in [5.74, 6) is -1.08. The van der Waals surface area contributed by atoms with Crippen LogP contribution in [0.5, 0.6) is 0 Å². The lowest BCUT2D eigenvalue weighted by atomic mass is 10.1. The molecule has 2 rings (SSSR count). The molecule has 19 heavy (non-hydrogen) atoms. The van der Waals surface area contributed by atoms with E-state index < -0.39 is 11.7 Å². The predicted octanol–water partition coefficient (Wildman–Crippen LogP) is 2.04. The lowest BCUT2D eigenvalue weighted by Crippen LogP contribution is -2.24. The fourth-order valence-corrected chi connectivity index (χ4v) is 1.67. The Balaban J connectivity index is 2.10. The maximum Gasteiger partial charge on any atom is 0.254 e. The SMILES string of the molecule is Cc1ccncc1CNC(=O)c1cc(N)ccc1F. The van der Waals surface area contributed by atoms with Gasteiger partial charge in [-0.3, -0.25) is 9.78 Å². The number of hydrogen-bond donors (Lipinski definition) is 2. The van der Waals surface area contributed by atoms with Crippen LogP contribution in [0.15, 0.2) is 36.7 Å². The molecule has 0 atom stereocenters. The lowest BCUT2D eigenvalue weighted by Gasteiger charge is -2.08. The summed E-state index contributed by atoms with van der Waals surface area (Å²) in [7, 11) is 0. The number of halogens is 1. The Hall–Kier alpha value is -2.43. The fraction of sp³-hybridized carbons (Fsp3) is 0.143. The molecule has 0 radical (unpaired) electrons. The molecule has 4 nitrogen and oxygen atoms in total. The minimum Gasteiger partial charge on any atom is -0.399 e. The average Bonchev–Trinajstić information content (AvgIpc) is 2.40. The first-order valence-electron chi connectivity index (χ1n) is 5.80. The zero-order valence-corrected chi connectivity index (χ0v) is 10.5. The van der Waals surface area contributed by atoms with E-state index in [1.165, 1.54) is 18.2 Å². The molecule has 0 spiro atoms. The van der Waals surface area contributed by atoms with Crippen molar-refractivity contribution in [2.45, 2.75) is 13.5 Å². The van der Waals surface area contributed by atoms with Gasteiger partial charge in [-0.15, -0.1) is 0 Å². The maximum absolute atomic E-state index is 13.5. The van der Waals surface area contributed by atoms with Crippen molar-refractivity contribution in [3.8, 4) is 0 Å². The van der Waals surface area contributed by atoms with Gasteiger partial charge in [0, 0.05) is 24.6 Å². The number of benzene rings is 1. The normalized spacial score (nSPS) is 10.2. The molecule has 1 amide bonds. The summed E-state index contributed by atoms with van der Waals surface area (Å²) >= 11 is 0. The van der Waals surface area contributed by atoms with E-state index in [-0.39, 0.29) is 5.56 Å². The summed E-state index contributed by atoms with van der Waals surface area (Å²) in [6, 6.07) is 5.76. The molecule has 0 saturated carbocycles. The molecular formula is C14H14FN3O. The van der Waals surface area contributed by atoms with Crippen LogP contribution in [0.25, 0.3) is 0 Å². The standard InChI is InChI=1S/C14H14FN3O/c1-9-4-5-17-7-10(9)8-18-14(19)12-6-11(16)2-3-13(12)15/h2-7H,8,16H2,1H3,(H,18,19). The Morgan fingerprint density at radius 1 is 1.42 bits per heavy atom. The molecule has 3 N–H and O–H groups in total. The van der Waals surface area contributed by atoms with Crippen molar-refractivity contribution in [3.05, 3.63) is 59.2 Å². The van der Waals surface area contributed by atoms with E-state index in [1.54, 1.807) is 12.4 Å². The largest absolute Gasteiger partial charge is 0.399 e. The van der Waals surface area contributed by atoms with Gasteiger partial charge in [0.25, 0.3) is 5.91 Å². The number of carbonyl (C=O) groups excluding carboxylic acids is 1. The number of aryl methyl sites for hydroxylation is 1. The molecule has 1 aromatic carbocycles. The first-order chi connectivity index (χ1) is 9.08. The van der Waals surface area contributed by atoms with Crippen LogP contribution in [0.2, 0.25) is 0 Å². The molecule has 2 aromatic rings. The molecule has 0 aliphatic heterocycles. The quantitative estimate of drug-likeness (QED) is 0.829. The van der Waals surface area contributed by atoms with E-state index in [4.69, 9.17) is 5.73 Å². The van der Waals surface area contributed by atoms with Crippen molar-refractivity contribution in [1.29, 1.82) is 0 Å². The number of nitrogens with two attached hydrogens (primary N) is 1. The molecule has 0 saturated heterocycles. The first-order valence-corrected chi connectivity index (χ1v) is 5.80. The van der Waals surface area contributed by atoms with Crippen LogP contribution in [-0.4, -0.2) is 10.9 Å². The first kappa shape index (κ1) is 13.0. The second-order valence-electron chi connectivity index (χ2n) is 4.22. The van der Waals surface area contributed by atoms with E-state index in [0.29, 0.717) is 12.2 Å².